The molecule has 0 bridgehead atoms. The molecule has 0 atom stereocenters. The van der Waals surface area contributed by atoms with Crippen molar-refractivity contribution in [2.75, 3.05) is 11.0 Å². The third-order valence-corrected chi connectivity index (χ3v) is 2.42. The molecule has 11 heavy (non-hydrogen) atoms. The summed E-state index contributed by atoms with van der Waals surface area (Å²) < 4.78 is 23.6. The highest BCUT2D eigenvalue weighted by atomic mass is 32.2. The number of nitrogens with zero attached hydrogens (tertiary/aromatic N) is 1. The van der Waals surface area contributed by atoms with E-state index < -0.39 is 10.0 Å². The minimum absolute atomic E-state index is 0.421. The van der Waals surface area contributed by atoms with Crippen LogP contribution in [0.25, 0.3) is 0 Å². The lowest BCUT2D eigenvalue weighted by molar-refractivity contribution is 0.607. The third kappa shape index (κ3) is 2.85. The number of anilines is 1. The lowest BCUT2D eigenvalue weighted by Gasteiger charge is -1.95. The molecule has 0 radical (unpaired) electrons. The van der Waals surface area contributed by atoms with Gasteiger partial charge < -0.3 is 0 Å². The Hall–Kier alpha value is -0.620. The number of aromatic nitrogens is 1. The summed E-state index contributed by atoms with van der Waals surface area (Å²) in [4.78, 5) is 4.81. The largest absolute Gasteiger partial charge is 0.259 e. The third-order valence-electron chi connectivity index (χ3n) is 0.894. The van der Waals surface area contributed by atoms with Gasteiger partial charge in [-0.3, -0.25) is 4.72 Å². The van der Waals surface area contributed by atoms with Crippen molar-refractivity contribution < 1.29 is 8.42 Å². The van der Waals surface area contributed by atoms with E-state index in [-0.39, 0.29) is 0 Å². The van der Waals surface area contributed by atoms with Crippen LogP contribution in [0.15, 0.2) is 6.20 Å². The lowest BCUT2D eigenvalue weighted by atomic mass is 10.7. The molecule has 0 aliphatic heterocycles. The summed E-state index contributed by atoms with van der Waals surface area (Å²) in [7, 11) is -3.17. The fraction of sp³-hybridized carbons (Fsp3) is 0.400. The SMILES string of the molecule is Cc1cnc(NS(C)(=O)=O)s1. The Kier molecular flexibility index (Phi) is 2.15. The molecule has 0 aliphatic rings. The van der Waals surface area contributed by atoms with Crippen molar-refractivity contribution in [3.63, 3.8) is 0 Å². The Morgan fingerprint density at radius 2 is 2.27 bits per heavy atom. The molecule has 0 saturated heterocycles. The van der Waals surface area contributed by atoms with Crippen LogP contribution in [0.4, 0.5) is 5.13 Å². The van der Waals surface area contributed by atoms with Crippen molar-refractivity contribution in [2.45, 2.75) is 6.92 Å². The highest BCUT2D eigenvalue weighted by molar-refractivity contribution is 7.92. The molecule has 1 aromatic heterocycles. The van der Waals surface area contributed by atoms with E-state index in [1.165, 1.54) is 11.3 Å². The second kappa shape index (κ2) is 2.78. The highest BCUT2D eigenvalue weighted by Crippen LogP contribution is 2.16. The summed E-state index contributed by atoms with van der Waals surface area (Å²) in [6.07, 6.45) is 2.72. The Bertz CT molecular complexity index is 341. The number of hydrogen-bond donors (Lipinski definition) is 1. The van der Waals surface area contributed by atoms with E-state index >= 15 is 0 Å². The molecule has 1 rings (SSSR count). The Labute approximate surface area is 69.3 Å². The van der Waals surface area contributed by atoms with Gasteiger partial charge in [0.25, 0.3) is 0 Å². The Balaban J connectivity index is 2.81. The van der Waals surface area contributed by atoms with Crippen molar-refractivity contribution in [3.8, 4) is 0 Å². The van der Waals surface area contributed by atoms with Crippen LogP contribution in [0.5, 0.6) is 0 Å². The van der Waals surface area contributed by atoms with Gasteiger partial charge in [-0.1, -0.05) is 0 Å². The van der Waals surface area contributed by atoms with Crippen LogP contribution in [0.3, 0.4) is 0 Å². The van der Waals surface area contributed by atoms with Crippen LogP contribution in [-0.4, -0.2) is 19.7 Å². The quantitative estimate of drug-likeness (QED) is 0.754. The molecule has 1 aromatic rings. The number of rotatable bonds is 2. The zero-order valence-corrected chi connectivity index (χ0v) is 7.79. The van der Waals surface area contributed by atoms with Crippen LogP contribution in [0, 0.1) is 6.92 Å². The first-order chi connectivity index (χ1) is 4.97. The summed E-state index contributed by atoms with van der Waals surface area (Å²) in [5.41, 5.74) is 0. The summed E-state index contributed by atoms with van der Waals surface area (Å²) in [6, 6.07) is 0. The molecule has 0 spiro atoms. The topological polar surface area (TPSA) is 59.1 Å². The van der Waals surface area contributed by atoms with Gasteiger partial charge in [0.15, 0.2) is 5.13 Å². The first-order valence-corrected chi connectivity index (χ1v) is 5.58. The van der Waals surface area contributed by atoms with Gasteiger partial charge in [-0.2, -0.15) is 0 Å². The second-order valence-corrected chi connectivity index (χ2v) is 5.13. The molecule has 0 saturated carbocycles. The van der Waals surface area contributed by atoms with Gasteiger partial charge in [-0.25, -0.2) is 13.4 Å². The van der Waals surface area contributed by atoms with Crippen LogP contribution >= 0.6 is 11.3 Å². The molecular weight excluding hydrogens is 184 g/mol. The minimum atomic E-state index is -3.17. The van der Waals surface area contributed by atoms with Crippen molar-refractivity contribution in [1.82, 2.24) is 4.98 Å². The molecule has 6 heteroatoms. The fourth-order valence-corrected chi connectivity index (χ4v) is 2.07. The smallest absolute Gasteiger partial charge is 0.231 e. The molecular formula is C5H8N2O2S2. The van der Waals surface area contributed by atoms with E-state index in [4.69, 9.17) is 0 Å². The monoisotopic (exact) mass is 192 g/mol. The highest BCUT2D eigenvalue weighted by Gasteiger charge is 2.03. The zero-order valence-electron chi connectivity index (χ0n) is 6.16. The molecule has 62 valence electrons. The van der Waals surface area contributed by atoms with Crippen LogP contribution < -0.4 is 4.72 Å². The van der Waals surface area contributed by atoms with E-state index in [0.717, 1.165) is 11.1 Å². The van der Waals surface area contributed by atoms with E-state index in [9.17, 15) is 8.42 Å². The molecule has 1 N–H and O–H groups in total. The van der Waals surface area contributed by atoms with Gasteiger partial charge in [0.05, 0.1) is 6.26 Å². The summed E-state index contributed by atoms with van der Waals surface area (Å²) >= 11 is 1.31. The molecule has 0 aromatic carbocycles. The lowest BCUT2D eigenvalue weighted by Crippen LogP contribution is -2.08. The molecule has 0 fully saturated rings. The average Bonchev–Trinajstić information content (AvgIpc) is 2.10. The maximum atomic E-state index is 10.7. The van der Waals surface area contributed by atoms with Gasteiger partial charge in [-0.05, 0) is 6.92 Å². The normalized spacial score (nSPS) is 11.5. The first-order valence-electron chi connectivity index (χ1n) is 2.87. The van der Waals surface area contributed by atoms with Gasteiger partial charge in [0.2, 0.25) is 10.0 Å². The zero-order chi connectivity index (χ0) is 8.48. The number of nitrogens with one attached hydrogen (secondary N) is 1. The predicted molar refractivity (Wildman–Crippen MR) is 45.3 cm³/mol. The van der Waals surface area contributed by atoms with E-state index in [1.54, 1.807) is 6.20 Å². The number of hydrogen-bond acceptors (Lipinski definition) is 4. The first kappa shape index (κ1) is 8.48. The predicted octanol–water partition coefficient (Wildman–Crippen LogP) is 0.823. The van der Waals surface area contributed by atoms with E-state index in [1.807, 2.05) is 6.92 Å². The number of thiazole rings is 1. The minimum Gasteiger partial charge on any atom is -0.259 e. The second-order valence-electron chi connectivity index (χ2n) is 2.15. The van der Waals surface area contributed by atoms with Crippen LogP contribution in [0.1, 0.15) is 4.88 Å². The molecule has 0 unspecified atom stereocenters. The van der Waals surface area contributed by atoms with Crippen LogP contribution in [-0.2, 0) is 10.0 Å². The van der Waals surface area contributed by atoms with Crippen molar-refractivity contribution in [2.24, 2.45) is 0 Å². The summed E-state index contributed by atoms with van der Waals surface area (Å²) in [5, 5.41) is 0.421. The fourth-order valence-electron chi connectivity index (χ4n) is 0.561. The summed E-state index contributed by atoms with van der Waals surface area (Å²) in [5.74, 6) is 0. The average molecular weight is 192 g/mol. The van der Waals surface area contributed by atoms with E-state index in [0.29, 0.717) is 5.13 Å². The standard InChI is InChI=1S/C5H8N2O2S2/c1-4-3-6-5(10-4)7-11(2,8)9/h3H,1-2H3,(H,6,7). The van der Waals surface area contributed by atoms with Crippen molar-refractivity contribution in [1.29, 1.82) is 0 Å². The Morgan fingerprint density at radius 3 is 2.64 bits per heavy atom. The maximum absolute atomic E-state index is 10.7. The summed E-state index contributed by atoms with van der Waals surface area (Å²) in [6.45, 7) is 1.87. The number of aryl methyl sites for hydroxylation is 1. The number of sulfonamides is 1. The molecule has 0 amide bonds. The van der Waals surface area contributed by atoms with Gasteiger partial charge in [0.1, 0.15) is 0 Å². The van der Waals surface area contributed by atoms with Gasteiger partial charge in [0, 0.05) is 11.1 Å². The van der Waals surface area contributed by atoms with Crippen molar-refractivity contribution in [3.05, 3.63) is 11.1 Å². The van der Waals surface area contributed by atoms with E-state index in [2.05, 4.69) is 9.71 Å². The van der Waals surface area contributed by atoms with Crippen LogP contribution in [0.2, 0.25) is 0 Å². The van der Waals surface area contributed by atoms with Gasteiger partial charge >= 0.3 is 0 Å². The maximum Gasteiger partial charge on any atom is 0.231 e. The molecule has 1 heterocycles. The Morgan fingerprint density at radius 1 is 1.64 bits per heavy atom. The molecule has 0 aliphatic carbocycles. The molecule has 4 nitrogen and oxygen atoms in total. The van der Waals surface area contributed by atoms with Crippen molar-refractivity contribution >= 4 is 26.5 Å². The van der Waals surface area contributed by atoms with Gasteiger partial charge in [-0.15, -0.1) is 11.3 Å².